The second-order valence-corrected chi connectivity index (χ2v) is 6.35. The van der Waals surface area contributed by atoms with Gasteiger partial charge in [0.1, 0.15) is 17.5 Å². The Morgan fingerprint density at radius 1 is 0.900 bits per heavy atom. The molecule has 0 saturated carbocycles. The Morgan fingerprint density at radius 3 is 2.33 bits per heavy atom. The van der Waals surface area contributed by atoms with Crippen molar-refractivity contribution in [1.82, 2.24) is 19.9 Å². The number of nitrogens with one attached hydrogen (secondary N) is 1. The summed E-state index contributed by atoms with van der Waals surface area (Å²) >= 11 is 0. The maximum atomic E-state index is 13.6. The Kier molecular flexibility index (Phi) is 5.42. The summed E-state index contributed by atoms with van der Waals surface area (Å²) in [6.07, 6.45) is 1.38. The molecule has 2 aromatic carbocycles. The van der Waals surface area contributed by atoms with Crippen molar-refractivity contribution in [3.63, 3.8) is 0 Å². The first kappa shape index (κ1) is 19.6. The second kappa shape index (κ2) is 8.32. The number of anilines is 1. The van der Waals surface area contributed by atoms with Crippen LogP contribution in [-0.4, -0.2) is 26.5 Å². The normalized spacial score (nSPS) is 10.9. The molecule has 30 heavy (non-hydrogen) atoms. The first-order chi connectivity index (χ1) is 14.5. The molecule has 2 aromatic heterocycles. The first-order valence-corrected chi connectivity index (χ1v) is 9.14. The number of benzene rings is 2. The lowest BCUT2D eigenvalue weighted by Crippen LogP contribution is -2.07. The molecule has 0 bridgehead atoms. The van der Waals surface area contributed by atoms with Gasteiger partial charge >= 0.3 is 0 Å². The molecular weight excluding hydrogens is 395 g/mol. The number of ether oxygens (including phenoxy) is 1. The van der Waals surface area contributed by atoms with E-state index in [1.807, 2.05) is 0 Å². The van der Waals surface area contributed by atoms with Crippen LogP contribution in [0.2, 0.25) is 0 Å². The summed E-state index contributed by atoms with van der Waals surface area (Å²) < 4.78 is 45.7. The predicted molar refractivity (Wildman–Crippen MR) is 105 cm³/mol. The predicted octanol–water partition coefficient (Wildman–Crippen LogP) is 4.51. The van der Waals surface area contributed by atoms with Crippen molar-refractivity contribution in [3.05, 3.63) is 71.7 Å². The van der Waals surface area contributed by atoms with Crippen LogP contribution in [0.4, 0.5) is 19.1 Å². The third-order valence-corrected chi connectivity index (χ3v) is 4.18. The van der Waals surface area contributed by atoms with E-state index in [0.717, 1.165) is 11.6 Å². The Hall–Kier alpha value is -3.75. The van der Waals surface area contributed by atoms with Crippen LogP contribution in [0.1, 0.15) is 12.5 Å². The number of rotatable bonds is 6. The van der Waals surface area contributed by atoms with Gasteiger partial charge in [-0.3, -0.25) is 0 Å². The van der Waals surface area contributed by atoms with E-state index in [9.17, 15) is 13.2 Å². The van der Waals surface area contributed by atoms with Gasteiger partial charge in [0, 0.05) is 18.2 Å². The Balaban J connectivity index is 1.68. The summed E-state index contributed by atoms with van der Waals surface area (Å²) in [5, 5.41) is 3.04. The van der Waals surface area contributed by atoms with E-state index in [-0.39, 0.29) is 40.1 Å². The minimum absolute atomic E-state index is 0.190. The Bertz CT molecular complexity index is 1180. The van der Waals surface area contributed by atoms with Crippen LogP contribution in [0.5, 0.6) is 5.88 Å². The fourth-order valence-corrected chi connectivity index (χ4v) is 2.82. The van der Waals surface area contributed by atoms with Crippen molar-refractivity contribution in [2.75, 3.05) is 11.9 Å². The molecule has 0 aliphatic carbocycles. The van der Waals surface area contributed by atoms with Crippen LogP contribution >= 0.6 is 0 Å². The van der Waals surface area contributed by atoms with E-state index < -0.39 is 11.6 Å². The molecule has 4 aromatic rings. The number of hydrogen-bond acceptors (Lipinski definition) is 6. The van der Waals surface area contributed by atoms with E-state index in [4.69, 9.17) is 4.74 Å². The van der Waals surface area contributed by atoms with Gasteiger partial charge in [0.05, 0.1) is 18.5 Å². The fourth-order valence-electron chi connectivity index (χ4n) is 2.82. The van der Waals surface area contributed by atoms with Crippen molar-refractivity contribution in [2.24, 2.45) is 0 Å². The lowest BCUT2D eigenvalue weighted by molar-refractivity contribution is 0.330. The van der Waals surface area contributed by atoms with Crippen LogP contribution in [0.15, 0.2) is 48.7 Å². The average molecular weight is 411 g/mol. The molecular formula is C21H16F3N5O. The molecule has 0 aliphatic rings. The summed E-state index contributed by atoms with van der Waals surface area (Å²) in [5.74, 6) is -1.30. The van der Waals surface area contributed by atoms with Gasteiger partial charge in [-0.25, -0.2) is 23.1 Å². The van der Waals surface area contributed by atoms with Crippen LogP contribution in [0.3, 0.4) is 0 Å². The molecule has 0 amide bonds. The summed E-state index contributed by atoms with van der Waals surface area (Å²) in [5.41, 5.74) is 1.87. The Morgan fingerprint density at radius 2 is 1.63 bits per heavy atom. The molecule has 9 heteroatoms. The topological polar surface area (TPSA) is 72.8 Å². The highest BCUT2D eigenvalue weighted by Gasteiger charge is 2.14. The summed E-state index contributed by atoms with van der Waals surface area (Å²) in [7, 11) is 0. The molecule has 152 valence electrons. The molecule has 4 rings (SSSR count). The standard InChI is InChI=1S/C21H16F3N5O/c1-2-30-20-18-19(25-11-17(27-18)13-7-15(23)9-16(24)8-13)28-21(29-20)26-10-12-3-5-14(22)6-4-12/h3-9,11H,2,10H2,1H3,(H,25,26,28,29). The van der Waals surface area contributed by atoms with Gasteiger partial charge in [-0.05, 0) is 36.8 Å². The van der Waals surface area contributed by atoms with E-state index in [1.54, 1.807) is 19.1 Å². The third kappa shape index (κ3) is 4.29. The number of nitrogens with zero attached hydrogens (tertiary/aromatic N) is 4. The van der Waals surface area contributed by atoms with Gasteiger partial charge in [-0.1, -0.05) is 12.1 Å². The SMILES string of the molecule is CCOc1nc(NCc2ccc(F)cc2)nc2ncc(-c3cc(F)cc(F)c3)nc12. The summed E-state index contributed by atoms with van der Waals surface area (Å²) in [6, 6.07) is 9.15. The first-order valence-electron chi connectivity index (χ1n) is 9.14. The molecule has 0 saturated heterocycles. The summed E-state index contributed by atoms with van der Waals surface area (Å²) in [4.78, 5) is 17.3. The van der Waals surface area contributed by atoms with E-state index in [0.29, 0.717) is 13.2 Å². The molecule has 0 atom stereocenters. The highest BCUT2D eigenvalue weighted by Crippen LogP contribution is 2.26. The average Bonchev–Trinajstić information content (AvgIpc) is 2.72. The highest BCUT2D eigenvalue weighted by molar-refractivity contribution is 5.79. The van der Waals surface area contributed by atoms with Gasteiger partial charge in [-0.15, -0.1) is 0 Å². The van der Waals surface area contributed by atoms with E-state index >= 15 is 0 Å². The molecule has 0 spiro atoms. The lowest BCUT2D eigenvalue weighted by Gasteiger charge is -2.10. The monoisotopic (exact) mass is 411 g/mol. The van der Waals surface area contributed by atoms with Gasteiger partial charge < -0.3 is 10.1 Å². The van der Waals surface area contributed by atoms with Gasteiger partial charge in [-0.2, -0.15) is 9.97 Å². The minimum atomic E-state index is -0.714. The van der Waals surface area contributed by atoms with Crippen LogP contribution in [0, 0.1) is 17.5 Å². The van der Waals surface area contributed by atoms with Crippen LogP contribution < -0.4 is 10.1 Å². The number of fused-ring (bicyclic) bond motifs is 1. The number of aromatic nitrogens is 4. The van der Waals surface area contributed by atoms with Crippen molar-refractivity contribution < 1.29 is 17.9 Å². The lowest BCUT2D eigenvalue weighted by atomic mass is 10.1. The van der Waals surface area contributed by atoms with Crippen molar-refractivity contribution in [1.29, 1.82) is 0 Å². The maximum Gasteiger partial charge on any atom is 0.247 e. The zero-order chi connectivity index (χ0) is 21.1. The van der Waals surface area contributed by atoms with Crippen molar-refractivity contribution >= 4 is 17.1 Å². The zero-order valence-electron chi connectivity index (χ0n) is 15.9. The van der Waals surface area contributed by atoms with Gasteiger partial charge in [0.25, 0.3) is 0 Å². The van der Waals surface area contributed by atoms with E-state index in [1.165, 1.54) is 30.5 Å². The number of hydrogen-bond donors (Lipinski definition) is 1. The molecule has 1 N–H and O–H groups in total. The molecule has 2 heterocycles. The molecule has 0 aliphatic heterocycles. The minimum Gasteiger partial charge on any atom is -0.476 e. The van der Waals surface area contributed by atoms with Crippen LogP contribution in [-0.2, 0) is 6.54 Å². The number of halogens is 3. The molecule has 0 fully saturated rings. The van der Waals surface area contributed by atoms with Gasteiger partial charge in [0.2, 0.25) is 11.8 Å². The molecule has 0 unspecified atom stereocenters. The molecule has 0 radical (unpaired) electrons. The second-order valence-electron chi connectivity index (χ2n) is 6.35. The molecule has 6 nitrogen and oxygen atoms in total. The Labute approximate surface area is 169 Å². The van der Waals surface area contributed by atoms with Crippen LogP contribution in [0.25, 0.3) is 22.4 Å². The maximum absolute atomic E-state index is 13.6. The fraction of sp³-hybridized carbons (Fsp3) is 0.143. The van der Waals surface area contributed by atoms with Gasteiger partial charge in [0.15, 0.2) is 11.2 Å². The largest absolute Gasteiger partial charge is 0.476 e. The van der Waals surface area contributed by atoms with Crippen molar-refractivity contribution in [3.8, 4) is 17.1 Å². The smallest absolute Gasteiger partial charge is 0.247 e. The zero-order valence-corrected chi connectivity index (χ0v) is 15.9. The summed E-state index contributed by atoms with van der Waals surface area (Å²) in [6.45, 7) is 2.48. The highest BCUT2D eigenvalue weighted by atomic mass is 19.1. The quantitative estimate of drug-likeness (QED) is 0.503. The third-order valence-electron chi connectivity index (χ3n) is 4.18. The van der Waals surface area contributed by atoms with E-state index in [2.05, 4.69) is 25.3 Å². The van der Waals surface area contributed by atoms with Crippen molar-refractivity contribution in [2.45, 2.75) is 13.5 Å².